The second-order valence-corrected chi connectivity index (χ2v) is 5.65. The van der Waals surface area contributed by atoms with Crippen molar-refractivity contribution in [1.82, 2.24) is 0 Å². The Balaban J connectivity index is 1.93. The lowest BCUT2D eigenvalue weighted by Gasteiger charge is -2.09. The van der Waals surface area contributed by atoms with Gasteiger partial charge >= 0.3 is 0 Å². The molecule has 2 aromatic carbocycles. The first-order chi connectivity index (χ1) is 11.3. The van der Waals surface area contributed by atoms with Gasteiger partial charge in [0.15, 0.2) is 6.29 Å². The Labute approximate surface area is 137 Å². The van der Waals surface area contributed by atoms with Crippen LogP contribution in [0.3, 0.4) is 0 Å². The Bertz CT molecular complexity index is 617. The molecule has 122 valence electrons. The van der Waals surface area contributed by atoms with Gasteiger partial charge in [-0.25, -0.2) is 0 Å². The van der Waals surface area contributed by atoms with E-state index in [1.54, 1.807) is 18.2 Å². The highest BCUT2D eigenvalue weighted by Crippen LogP contribution is 2.32. The normalized spacial score (nSPS) is 10.5. The molecular weight excluding hydrogens is 288 g/mol. The summed E-state index contributed by atoms with van der Waals surface area (Å²) in [6.45, 7) is 2.94. The molecule has 0 bridgehead atoms. The van der Waals surface area contributed by atoms with Crippen LogP contribution in [0.2, 0.25) is 0 Å². The number of carbonyl (C=O) groups is 1. The number of aldehydes is 1. The van der Waals surface area contributed by atoms with Gasteiger partial charge in [0.25, 0.3) is 0 Å². The van der Waals surface area contributed by atoms with Gasteiger partial charge in [-0.15, -0.1) is 0 Å². The fraction of sp³-hybridized carbons (Fsp3) is 0.350. The quantitative estimate of drug-likeness (QED) is 0.510. The lowest BCUT2D eigenvalue weighted by atomic mass is 10.0. The molecular formula is C20H24O3. The van der Waals surface area contributed by atoms with E-state index in [4.69, 9.17) is 4.74 Å². The van der Waals surface area contributed by atoms with Crippen LogP contribution in [-0.4, -0.2) is 18.0 Å². The number of phenols is 1. The fourth-order valence-electron chi connectivity index (χ4n) is 2.52. The van der Waals surface area contributed by atoms with Gasteiger partial charge in [-0.1, -0.05) is 56.9 Å². The molecule has 2 aromatic rings. The zero-order valence-corrected chi connectivity index (χ0v) is 13.6. The van der Waals surface area contributed by atoms with Crippen LogP contribution in [-0.2, 0) is 0 Å². The summed E-state index contributed by atoms with van der Waals surface area (Å²) in [6.07, 6.45) is 6.75. The maximum atomic E-state index is 10.9. The average Bonchev–Trinajstić information content (AvgIpc) is 2.59. The van der Waals surface area contributed by atoms with Crippen LogP contribution in [0, 0.1) is 0 Å². The molecule has 0 spiro atoms. The molecule has 0 unspecified atom stereocenters. The Morgan fingerprint density at radius 1 is 1.00 bits per heavy atom. The van der Waals surface area contributed by atoms with Crippen LogP contribution in [0.5, 0.6) is 11.5 Å². The van der Waals surface area contributed by atoms with Crippen molar-refractivity contribution in [1.29, 1.82) is 0 Å². The van der Waals surface area contributed by atoms with E-state index >= 15 is 0 Å². The van der Waals surface area contributed by atoms with Crippen LogP contribution in [0.25, 0.3) is 11.1 Å². The first kappa shape index (κ1) is 17.1. The molecule has 0 atom stereocenters. The van der Waals surface area contributed by atoms with E-state index in [-0.39, 0.29) is 5.75 Å². The number of rotatable bonds is 9. The smallest absolute Gasteiger partial charge is 0.153 e. The van der Waals surface area contributed by atoms with E-state index in [9.17, 15) is 9.90 Å². The molecule has 0 aliphatic rings. The predicted molar refractivity (Wildman–Crippen MR) is 93.2 cm³/mol. The van der Waals surface area contributed by atoms with Crippen LogP contribution >= 0.6 is 0 Å². The molecule has 0 aromatic heterocycles. The number of carbonyl (C=O) groups excluding carboxylic acids is 1. The Kier molecular flexibility index (Phi) is 6.67. The van der Waals surface area contributed by atoms with E-state index in [1.165, 1.54) is 25.7 Å². The van der Waals surface area contributed by atoms with E-state index in [0.29, 0.717) is 17.4 Å². The number of unbranched alkanes of at least 4 members (excludes halogenated alkanes) is 4. The third kappa shape index (κ3) is 4.85. The molecule has 0 saturated heterocycles. The number of hydrogen-bond acceptors (Lipinski definition) is 3. The minimum atomic E-state index is 0.0205. The molecule has 1 N–H and O–H groups in total. The highest BCUT2D eigenvalue weighted by molar-refractivity contribution is 5.85. The third-order valence-electron chi connectivity index (χ3n) is 3.88. The second-order valence-electron chi connectivity index (χ2n) is 5.65. The van der Waals surface area contributed by atoms with Crippen molar-refractivity contribution in [2.45, 2.75) is 39.0 Å². The first-order valence-electron chi connectivity index (χ1n) is 8.26. The molecule has 3 heteroatoms. The molecule has 0 saturated carbocycles. The predicted octanol–water partition coefficient (Wildman–Crippen LogP) is 5.22. The maximum absolute atomic E-state index is 10.9. The van der Waals surface area contributed by atoms with E-state index < -0.39 is 0 Å². The molecule has 0 aliphatic heterocycles. The standard InChI is InChI=1S/C20H24O3/c1-2-3-4-5-6-14-23-18-12-10-16(11-13-18)19-9-7-8-17(15-21)20(19)22/h7-13,15,22H,2-6,14H2,1H3. The zero-order valence-electron chi connectivity index (χ0n) is 13.6. The van der Waals surface area contributed by atoms with E-state index in [2.05, 4.69) is 6.92 Å². The fourth-order valence-corrected chi connectivity index (χ4v) is 2.52. The topological polar surface area (TPSA) is 46.5 Å². The SMILES string of the molecule is CCCCCCCOc1ccc(-c2cccc(C=O)c2O)cc1. The van der Waals surface area contributed by atoms with Crippen molar-refractivity contribution in [3.05, 3.63) is 48.0 Å². The summed E-state index contributed by atoms with van der Waals surface area (Å²) in [6, 6.07) is 12.8. The summed E-state index contributed by atoms with van der Waals surface area (Å²) in [7, 11) is 0. The van der Waals surface area contributed by atoms with E-state index in [1.807, 2.05) is 24.3 Å². The van der Waals surface area contributed by atoms with Crippen LogP contribution < -0.4 is 4.74 Å². The van der Waals surface area contributed by atoms with Crippen molar-refractivity contribution >= 4 is 6.29 Å². The Morgan fingerprint density at radius 3 is 2.43 bits per heavy atom. The molecule has 0 heterocycles. The van der Waals surface area contributed by atoms with Gasteiger partial charge in [0.05, 0.1) is 12.2 Å². The molecule has 23 heavy (non-hydrogen) atoms. The van der Waals surface area contributed by atoms with Gasteiger partial charge in [-0.05, 0) is 30.2 Å². The lowest BCUT2D eigenvalue weighted by Crippen LogP contribution is -1.97. The van der Waals surface area contributed by atoms with Gasteiger partial charge in [0.2, 0.25) is 0 Å². The summed E-state index contributed by atoms with van der Waals surface area (Å²) >= 11 is 0. The highest BCUT2D eigenvalue weighted by atomic mass is 16.5. The first-order valence-corrected chi connectivity index (χ1v) is 8.26. The van der Waals surface area contributed by atoms with Crippen molar-refractivity contribution in [3.8, 4) is 22.6 Å². The number of hydrogen-bond donors (Lipinski definition) is 1. The van der Waals surface area contributed by atoms with Crippen LogP contribution in [0.4, 0.5) is 0 Å². The number of ether oxygens (including phenoxy) is 1. The second kappa shape index (κ2) is 8.99. The van der Waals surface area contributed by atoms with Crippen molar-refractivity contribution in [2.24, 2.45) is 0 Å². The zero-order chi connectivity index (χ0) is 16.5. The Morgan fingerprint density at radius 2 is 1.74 bits per heavy atom. The average molecular weight is 312 g/mol. The van der Waals surface area contributed by atoms with Crippen molar-refractivity contribution in [3.63, 3.8) is 0 Å². The van der Waals surface area contributed by atoms with Crippen LogP contribution in [0.15, 0.2) is 42.5 Å². The number of benzene rings is 2. The summed E-state index contributed by atoms with van der Waals surface area (Å²) in [5.74, 6) is 0.849. The monoisotopic (exact) mass is 312 g/mol. The van der Waals surface area contributed by atoms with Crippen molar-refractivity contribution in [2.75, 3.05) is 6.61 Å². The summed E-state index contributed by atoms with van der Waals surface area (Å²) in [5.41, 5.74) is 1.82. The lowest BCUT2D eigenvalue weighted by molar-refractivity contribution is 0.112. The largest absolute Gasteiger partial charge is 0.507 e. The third-order valence-corrected chi connectivity index (χ3v) is 3.88. The van der Waals surface area contributed by atoms with Gasteiger partial charge in [0, 0.05) is 5.56 Å². The minimum absolute atomic E-state index is 0.0205. The maximum Gasteiger partial charge on any atom is 0.153 e. The summed E-state index contributed by atoms with van der Waals surface area (Å²) in [4.78, 5) is 10.9. The molecule has 0 aliphatic carbocycles. The molecule has 3 nitrogen and oxygen atoms in total. The van der Waals surface area contributed by atoms with Gasteiger partial charge in [0.1, 0.15) is 11.5 Å². The minimum Gasteiger partial charge on any atom is -0.507 e. The number of aromatic hydroxyl groups is 1. The van der Waals surface area contributed by atoms with Gasteiger partial charge in [-0.2, -0.15) is 0 Å². The van der Waals surface area contributed by atoms with E-state index in [0.717, 1.165) is 24.3 Å². The number of para-hydroxylation sites is 1. The van der Waals surface area contributed by atoms with Crippen molar-refractivity contribution < 1.29 is 14.6 Å². The van der Waals surface area contributed by atoms with Gasteiger partial charge in [-0.3, -0.25) is 4.79 Å². The molecule has 0 amide bonds. The summed E-state index contributed by atoms with van der Waals surface area (Å²) < 4.78 is 5.73. The highest BCUT2D eigenvalue weighted by Gasteiger charge is 2.08. The number of phenolic OH excluding ortho intramolecular Hbond substituents is 1. The summed E-state index contributed by atoms with van der Waals surface area (Å²) in [5, 5.41) is 10.1. The van der Waals surface area contributed by atoms with Crippen LogP contribution in [0.1, 0.15) is 49.4 Å². The molecule has 2 rings (SSSR count). The Hall–Kier alpha value is -2.29. The molecule has 0 radical (unpaired) electrons. The van der Waals surface area contributed by atoms with Gasteiger partial charge < -0.3 is 9.84 Å². The molecule has 0 fully saturated rings.